The molecule has 0 bridgehead atoms. The Bertz CT molecular complexity index is 1130. The van der Waals surface area contributed by atoms with Crippen molar-refractivity contribution < 1.29 is 17.6 Å². The van der Waals surface area contributed by atoms with Crippen LogP contribution in [-0.4, -0.2) is 19.3 Å². The Kier molecular flexibility index (Phi) is 5.32. The zero-order valence-corrected chi connectivity index (χ0v) is 16.7. The van der Waals surface area contributed by atoms with Gasteiger partial charge < -0.3 is 5.32 Å². The number of nitrogens with zero attached hydrogens (tertiary/aromatic N) is 1. The molecule has 140 valence electrons. The Balaban J connectivity index is 2.23. The normalized spacial score (nSPS) is 11.4. The summed E-state index contributed by atoms with van der Waals surface area (Å²) in [6, 6.07) is 9.98. The van der Waals surface area contributed by atoms with Gasteiger partial charge in [-0.05, 0) is 37.3 Å². The summed E-state index contributed by atoms with van der Waals surface area (Å²) in [5, 5.41) is 2.62. The number of benzene rings is 2. The van der Waals surface area contributed by atoms with Crippen molar-refractivity contribution in [2.45, 2.75) is 23.0 Å². The summed E-state index contributed by atoms with van der Waals surface area (Å²) in [6.45, 7) is 3.14. The first-order valence-corrected chi connectivity index (χ1v) is 10.4. The van der Waals surface area contributed by atoms with E-state index in [2.05, 4.69) is 10.3 Å². The van der Waals surface area contributed by atoms with Gasteiger partial charge in [0.1, 0.15) is 11.5 Å². The zero-order valence-electron chi connectivity index (χ0n) is 14.3. The van der Waals surface area contributed by atoms with Gasteiger partial charge in [0, 0.05) is 12.5 Å². The summed E-state index contributed by atoms with van der Waals surface area (Å²) in [5.41, 5.74) is 1.24. The van der Waals surface area contributed by atoms with Crippen LogP contribution >= 0.6 is 22.9 Å². The molecule has 0 aliphatic heterocycles. The highest BCUT2D eigenvalue weighted by Gasteiger charge is 2.28. The van der Waals surface area contributed by atoms with E-state index in [1.807, 2.05) is 6.92 Å². The maximum absolute atomic E-state index is 13.4. The largest absolute Gasteiger partial charge is 0.302 e. The molecular weight excluding hydrogens is 411 g/mol. The number of aromatic nitrogens is 1. The smallest absolute Gasteiger partial charge is 0.223 e. The molecule has 0 unspecified atom stereocenters. The second-order valence-electron chi connectivity index (χ2n) is 5.78. The van der Waals surface area contributed by atoms with Crippen LogP contribution in [0.4, 0.5) is 9.52 Å². The highest BCUT2D eigenvalue weighted by Crippen LogP contribution is 2.40. The van der Waals surface area contributed by atoms with Crippen LogP contribution in [0.3, 0.4) is 0 Å². The predicted molar refractivity (Wildman–Crippen MR) is 103 cm³/mol. The zero-order chi connectivity index (χ0) is 19.8. The van der Waals surface area contributed by atoms with Gasteiger partial charge in [0.05, 0.1) is 9.92 Å². The quantitative estimate of drug-likeness (QED) is 0.658. The van der Waals surface area contributed by atoms with Gasteiger partial charge in [0.2, 0.25) is 15.7 Å². The second-order valence-corrected chi connectivity index (χ2v) is 9.33. The van der Waals surface area contributed by atoms with Gasteiger partial charge >= 0.3 is 0 Å². The highest BCUT2D eigenvalue weighted by atomic mass is 35.5. The van der Waals surface area contributed by atoms with Crippen LogP contribution in [0.5, 0.6) is 0 Å². The first-order chi connectivity index (χ1) is 12.7. The van der Waals surface area contributed by atoms with E-state index in [9.17, 15) is 17.6 Å². The molecule has 1 aromatic heterocycles. The third-order valence-electron chi connectivity index (χ3n) is 3.64. The Morgan fingerprint density at radius 3 is 2.44 bits per heavy atom. The molecule has 0 aliphatic carbocycles. The summed E-state index contributed by atoms with van der Waals surface area (Å²) in [4.78, 5) is 15.7. The SMILES string of the molecule is CC(=O)Nc1nc(-c2ccc(F)cc2Cl)c(S(=O)(=O)c2ccc(C)cc2)s1. The number of carbonyl (C=O) groups excluding carboxylic acids is 1. The minimum Gasteiger partial charge on any atom is -0.302 e. The topological polar surface area (TPSA) is 76.1 Å². The monoisotopic (exact) mass is 424 g/mol. The molecule has 0 aliphatic rings. The molecule has 1 heterocycles. The number of sulfone groups is 1. The Morgan fingerprint density at radius 1 is 1.19 bits per heavy atom. The molecule has 0 radical (unpaired) electrons. The molecule has 0 saturated heterocycles. The maximum Gasteiger partial charge on any atom is 0.223 e. The molecule has 9 heteroatoms. The van der Waals surface area contributed by atoms with Gasteiger partial charge in [-0.15, -0.1) is 0 Å². The van der Waals surface area contributed by atoms with Crippen molar-refractivity contribution in [3.8, 4) is 11.3 Å². The Hall–Kier alpha value is -2.29. The summed E-state index contributed by atoms with van der Waals surface area (Å²) in [5.74, 6) is -0.941. The molecule has 27 heavy (non-hydrogen) atoms. The van der Waals surface area contributed by atoms with Crippen molar-refractivity contribution in [2.24, 2.45) is 0 Å². The molecule has 2 aromatic carbocycles. The minimum atomic E-state index is -3.92. The average molecular weight is 425 g/mol. The van der Waals surface area contributed by atoms with Gasteiger partial charge in [-0.1, -0.05) is 40.6 Å². The van der Waals surface area contributed by atoms with Gasteiger partial charge in [0.15, 0.2) is 9.34 Å². The number of hydrogen-bond donors (Lipinski definition) is 1. The van der Waals surface area contributed by atoms with Crippen molar-refractivity contribution in [2.75, 3.05) is 5.32 Å². The third-order valence-corrected chi connectivity index (χ3v) is 7.20. The van der Waals surface area contributed by atoms with E-state index in [-0.39, 0.29) is 36.4 Å². The van der Waals surface area contributed by atoms with E-state index in [0.717, 1.165) is 23.0 Å². The van der Waals surface area contributed by atoms with E-state index in [4.69, 9.17) is 11.6 Å². The van der Waals surface area contributed by atoms with E-state index in [1.165, 1.54) is 31.2 Å². The lowest BCUT2D eigenvalue weighted by molar-refractivity contribution is -0.114. The van der Waals surface area contributed by atoms with Gasteiger partial charge in [-0.3, -0.25) is 4.79 Å². The summed E-state index contributed by atoms with van der Waals surface area (Å²) in [6.07, 6.45) is 0. The Morgan fingerprint density at radius 2 is 1.85 bits per heavy atom. The number of aryl methyl sites for hydroxylation is 1. The predicted octanol–water partition coefficient (Wildman–Crippen LogP) is 4.70. The fourth-order valence-corrected chi connectivity index (χ4v) is 5.47. The van der Waals surface area contributed by atoms with Crippen molar-refractivity contribution in [1.82, 2.24) is 4.98 Å². The molecule has 0 spiro atoms. The number of halogens is 2. The summed E-state index contributed by atoms with van der Waals surface area (Å²) >= 11 is 6.93. The number of thiazole rings is 1. The van der Waals surface area contributed by atoms with Crippen LogP contribution in [0.2, 0.25) is 5.02 Å². The molecule has 1 N–H and O–H groups in total. The van der Waals surface area contributed by atoms with Gasteiger partial charge in [-0.25, -0.2) is 17.8 Å². The molecule has 0 saturated carbocycles. The molecule has 3 rings (SSSR count). The lowest BCUT2D eigenvalue weighted by atomic mass is 10.2. The third kappa shape index (κ3) is 4.02. The molecular formula is C18H14ClFN2O3S2. The van der Waals surface area contributed by atoms with Crippen LogP contribution in [-0.2, 0) is 14.6 Å². The van der Waals surface area contributed by atoms with Crippen LogP contribution in [0.15, 0.2) is 51.6 Å². The molecule has 0 fully saturated rings. The van der Waals surface area contributed by atoms with Gasteiger partial charge in [-0.2, -0.15) is 0 Å². The fourth-order valence-electron chi connectivity index (χ4n) is 2.37. The first kappa shape index (κ1) is 19.5. The van der Waals surface area contributed by atoms with Crippen LogP contribution in [0, 0.1) is 12.7 Å². The molecule has 0 atom stereocenters. The van der Waals surface area contributed by atoms with Crippen molar-refractivity contribution in [3.63, 3.8) is 0 Å². The fraction of sp³-hybridized carbons (Fsp3) is 0.111. The van der Waals surface area contributed by atoms with E-state index in [0.29, 0.717) is 0 Å². The number of hydrogen-bond acceptors (Lipinski definition) is 5. The first-order valence-electron chi connectivity index (χ1n) is 7.74. The number of rotatable bonds is 4. The number of nitrogens with one attached hydrogen (secondary N) is 1. The van der Waals surface area contributed by atoms with Crippen molar-refractivity contribution in [3.05, 3.63) is 58.9 Å². The van der Waals surface area contributed by atoms with Gasteiger partial charge in [0.25, 0.3) is 0 Å². The lowest BCUT2D eigenvalue weighted by Gasteiger charge is -2.07. The van der Waals surface area contributed by atoms with Crippen molar-refractivity contribution in [1.29, 1.82) is 0 Å². The average Bonchev–Trinajstić information content (AvgIpc) is 2.98. The van der Waals surface area contributed by atoms with E-state index >= 15 is 0 Å². The number of carbonyl (C=O) groups is 1. The van der Waals surface area contributed by atoms with Crippen LogP contribution in [0.1, 0.15) is 12.5 Å². The van der Waals surface area contributed by atoms with Crippen molar-refractivity contribution >= 4 is 43.8 Å². The lowest BCUT2D eigenvalue weighted by Crippen LogP contribution is -2.04. The highest BCUT2D eigenvalue weighted by molar-refractivity contribution is 7.93. The minimum absolute atomic E-state index is 0.0232. The second kappa shape index (κ2) is 7.38. The van der Waals surface area contributed by atoms with Crippen LogP contribution < -0.4 is 5.32 Å². The number of anilines is 1. The number of amides is 1. The summed E-state index contributed by atoms with van der Waals surface area (Å²) in [7, 11) is -3.92. The Labute approximate surface area is 164 Å². The summed E-state index contributed by atoms with van der Waals surface area (Å²) < 4.78 is 39.6. The molecule has 3 aromatic rings. The molecule has 1 amide bonds. The molecule has 5 nitrogen and oxygen atoms in total. The standard InChI is InChI=1S/C18H14ClFN2O3S2/c1-10-3-6-13(7-4-10)27(24,25)17-16(22-18(26-17)21-11(2)23)14-8-5-12(20)9-15(14)19/h3-9H,1-2H3,(H,21,22,23). The van der Waals surface area contributed by atoms with E-state index in [1.54, 1.807) is 12.1 Å². The maximum atomic E-state index is 13.4. The van der Waals surface area contributed by atoms with Crippen LogP contribution in [0.25, 0.3) is 11.3 Å². The van der Waals surface area contributed by atoms with E-state index < -0.39 is 15.7 Å².